The molecule has 5 heteroatoms. The molecule has 0 aliphatic rings. The van der Waals surface area contributed by atoms with Crippen molar-refractivity contribution in [2.75, 3.05) is 11.1 Å². The van der Waals surface area contributed by atoms with Crippen LogP contribution in [0.15, 0.2) is 36.4 Å². The van der Waals surface area contributed by atoms with Gasteiger partial charge in [-0.15, -0.1) is 0 Å². The topological polar surface area (TPSA) is 61.8 Å². The lowest BCUT2D eigenvalue weighted by Gasteiger charge is -2.11. The van der Waals surface area contributed by atoms with Crippen molar-refractivity contribution in [2.24, 2.45) is 0 Å². The Morgan fingerprint density at radius 2 is 1.84 bits per heavy atom. The maximum atomic E-state index is 8.84. The Labute approximate surface area is 121 Å². The molecule has 2 rings (SSSR count). The number of nitriles is 1. The summed E-state index contributed by atoms with van der Waals surface area (Å²) in [6.45, 7) is 0.527. The van der Waals surface area contributed by atoms with E-state index in [9.17, 15) is 0 Å². The maximum Gasteiger partial charge on any atom is 0.0991 e. The number of nitrogens with one attached hydrogen (secondary N) is 1. The molecular formula is C14H11Cl2N3. The summed E-state index contributed by atoms with van der Waals surface area (Å²) in [7, 11) is 0. The van der Waals surface area contributed by atoms with Crippen molar-refractivity contribution in [3.63, 3.8) is 0 Å². The third-order valence-electron chi connectivity index (χ3n) is 2.59. The van der Waals surface area contributed by atoms with Crippen LogP contribution in [0.5, 0.6) is 0 Å². The van der Waals surface area contributed by atoms with E-state index >= 15 is 0 Å². The zero-order chi connectivity index (χ0) is 13.8. The van der Waals surface area contributed by atoms with Gasteiger partial charge in [-0.25, -0.2) is 0 Å². The van der Waals surface area contributed by atoms with E-state index in [1.807, 2.05) is 18.2 Å². The largest absolute Gasteiger partial charge is 0.399 e. The van der Waals surface area contributed by atoms with Crippen LogP contribution in [0.25, 0.3) is 0 Å². The molecule has 19 heavy (non-hydrogen) atoms. The third-order valence-corrected chi connectivity index (χ3v) is 3.19. The van der Waals surface area contributed by atoms with Gasteiger partial charge in [0, 0.05) is 12.2 Å². The van der Waals surface area contributed by atoms with Gasteiger partial charge in [-0.2, -0.15) is 5.26 Å². The molecule has 0 amide bonds. The van der Waals surface area contributed by atoms with Crippen LogP contribution >= 0.6 is 23.2 Å². The molecule has 0 aliphatic carbocycles. The van der Waals surface area contributed by atoms with E-state index in [-0.39, 0.29) is 0 Å². The predicted octanol–water partition coefficient (Wildman–Crippen LogP) is 4.06. The molecule has 0 fully saturated rings. The number of nitrogens with two attached hydrogens (primary N) is 1. The average molecular weight is 292 g/mol. The van der Waals surface area contributed by atoms with Gasteiger partial charge in [-0.1, -0.05) is 35.3 Å². The molecule has 0 atom stereocenters. The molecule has 0 unspecified atom stereocenters. The van der Waals surface area contributed by atoms with Gasteiger partial charge in [-0.3, -0.25) is 0 Å². The molecular weight excluding hydrogens is 281 g/mol. The minimum Gasteiger partial charge on any atom is -0.399 e. The van der Waals surface area contributed by atoms with Gasteiger partial charge in [0.1, 0.15) is 0 Å². The zero-order valence-electron chi connectivity index (χ0n) is 9.95. The van der Waals surface area contributed by atoms with Crippen LogP contribution in [0.3, 0.4) is 0 Å². The van der Waals surface area contributed by atoms with Gasteiger partial charge in [0.15, 0.2) is 0 Å². The lowest BCUT2D eigenvalue weighted by Crippen LogP contribution is -2.01. The number of nitrogens with zero attached hydrogens (tertiary/aromatic N) is 1. The van der Waals surface area contributed by atoms with E-state index in [0.717, 1.165) is 5.56 Å². The highest BCUT2D eigenvalue weighted by Gasteiger charge is 2.07. The van der Waals surface area contributed by atoms with E-state index in [1.165, 1.54) is 0 Å². The highest BCUT2D eigenvalue weighted by molar-refractivity contribution is 6.39. The average Bonchev–Trinajstić information content (AvgIpc) is 2.37. The van der Waals surface area contributed by atoms with Crippen molar-refractivity contribution >= 4 is 34.6 Å². The first-order valence-corrected chi connectivity index (χ1v) is 6.33. The molecule has 3 nitrogen and oxygen atoms in total. The lowest BCUT2D eigenvalue weighted by molar-refractivity contribution is 1.15. The maximum absolute atomic E-state index is 8.84. The molecule has 0 saturated carbocycles. The standard InChI is InChI=1S/C14H11Cl2N3/c15-12-5-11(18)6-13(16)14(12)19-8-10-3-1-2-9(4-10)7-17/h1-6,19H,8,18H2. The van der Waals surface area contributed by atoms with Crippen molar-refractivity contribution < 1.29 is 0 Å². The monoisotopic (exact) mass is 291 g/mol. The van der Waals surface area contributed by atoms with Crippen molar-refractivity contribution in [3.8, 4) is 6.07 Å². The zero-order valence-corrected chi connectivity index (χ0v) is 11.5. The van der Waals surface area contributed by atoms with Gasteiger partial charge < -0.3 is 11.1 Å². The predicted molar refractivity (Wildman–Crippen MR) is 79.4 cm³/mol. The van der Waals surface area contributed by atoms with E-state index in [2.05, 4.69) is 11.4 Å². The molecule has 3 N–H and O–H groups in total. The summed E-state index contributed by atoms with van der Waals surface area (Å²) >= 11 is 12.2. The van der Waals surface area contributed by atoms with Crippen molar-refractivity contribution in [3.05, 3.63) is 57.6 Å². The van der Waals surface area contributed by atoms with Crippen molar-refractivity contribution in [1.29, 1.82) is 5.26 Å². The molecule has 2 aromatic rings. The van der Waals surface area contributed by atoms with Crippen LogP contribution in [-0.2, 0) is 6.54 Å². The van der Waals surface area contributed by atoms with Crippen LogP contribution in [0.2, 0.25) is 10.0 Å². The molecule has 2 aromatic carbocycles. The van der Waals surface area contributed by atoms with Crippen LogP contribution < -0.4 is 11.1 Å². The number of nitrogen functional groups attached to an aromatic ring is 1. The number of benzene rings is 2. The Balaban J connectivity index is 2.17. The van der Waals surface area contributed by atoms with Gasteiger partial charge >= 0.3 is 0 Å². The fourth-order valence-corrected chi connectivity index (χ4v) is 2.34. The second kappa shape index (κ2) is 5.83. The Morgan fingerprint density at radius 1 is 1.16 bits per heavy atom. The van der Waals surface area contributed by atoms with Gasteiger partial charge in [0.25, 0.3) is 0 Å². The van der Waals surface area contributed by atoms with E-state index in [1.54, 1.807) is 18.2 Å². The number of hydrogen-bond acceptors (Lipinski definition) is 3. The highest BCUT2D eigenvalue weighted by Crippen LogP contribution is 2.33. The summed E-state index contributed by atoms with van der Waals surface area (Å²) in [6, 6.07) is 12.7. The van der Waals surface area contributed by atoms with E-state index in [4.69, 9.17) is 34.2 Å². The van der Waals surface area contributed by atoms with Crippen LogP contribution in [0.1, 0.15) is 11.1 Å². The fraction of sp³-hybridized carbons (Fsp3) is 0.0714. The minimum atomic E-state index is 0.474. The van der Waals surface area contributed by atoms with Gasteiger partial charge in [0.05, 0.1) is 27.4 Å². The summed E-state index contributed by atoms with van der Waals surface area (Å²) in [5.41, 5.74) is 8.39. The Bertz CT molecular complexity index is 624. The molecule has 0 saturated heterocycles. The second-order valence-electron chi connectivity index (χ2n) is 4.03. The molecule has 0 aromatic heterocycles. The summed E-state index contributed by atoms with van der Waals surface area (Å²) in [6.07, 6.45) is 0. The summed E-state index contributed by atoms with van der Waals surface area (Å²) in [5.74, 6) is 0. The lowest BCUT2D eigenvalue weighted by atomic mass is 10.1. The highest BCUT2D eigenvalue weighted by atomic mass is 35.5. The van der Waals surface area contributed by atoms with Crippen LogP contribution in [0, 0.1) is 11.3 Å². The molecule has 0 bridgehead atoms. The normalized spacial score (nSPS) is 9.95. The number of hydrogen-bond donors (Lipinski definition) is 2. The first kappa shape index (κ1) is 13.5. The first-order chi connectivity index (χ1) is 9.10. The van der Waals surface area contributed by atoms with Gasteiger partial charge in [0.2, 0.25) is 0 Å². The first-order valence-electron chi connectivity index (χ1n) is 5.57. The molecule has 0 spiro atoms. The Morgan fingerprint density at radius 3 is 2.47 bits per heavy atom. The quantitative estimate of drug-likeness (QED) is 0.839. The summed E-state index contributed by atoms with van der Waals surface area (Å²) in [4.78, 5) is 0. The summed E-state index contributed by atoms with van der Waals surface area (Å²) < 4.78 is 0. The minimum absolute atomic E-state index is 0.474. The SMILES string of the molecule is N#Cc1cccc(CNc2c(Cl)cc(N)cc2Cl)c1. The van der Waals surface area contributed by atoms with E-state index < -0.39 is 0 Å². The van der Waals surface area contributed by atoms with Crippen LogP contribution in [-0.4, -0.2) is 0 Å². The van der Waals surface area contributed by atoms with Crippen molar-refractivity contribution in [2.45, 2.75) is 6.54 Å². The van der Waals surface area contributed by atoms with Gasteiger partial charge in [-0.05, 0) is 29.8 Å². The van der Waals surface area contributed by atoms with Crippen molar-refractivity contribution in [1.82, 2.24) is 0 Å². The smallest absolute Gasteiger partial charge is 0.0991 e. The molecule has 0 aliphatic heterocycles. The molecule has 96 valence electrons. The number of halogens is 2. The molecule has 0 heterocycles. The Kier molecular flexibility index (Phi) is 4.16. The third kappa shape index (κ3) is 3.31. The summed E-state index contributed by atoms with van der Waals surface area (Å²) in [5, 5.41) is 12.9. The van der Waals surface area contributed by atoms with E-state index in [0.29, 0.717) is 33.5 Å². The Hall–Kier alpha value is -1.89. The van der Waals surface area contributed by atoms with Crippen LogP contribution in [0.4, 0.5) is 11.4 Å². The fourth-order valence-electron chi connectivity index (χ4n) is 1.70. The molecule has 0 radical (unpaired) electrons. The number of anilines is 2. The second-order valence-corrected chi connectivity index (χ2v) is 4.84. The number of rotatable bonds is 3.